The number of rotatable bonds is 5. The molecule has 0 saturated carbocycles. The number of nitrogens with zero attached hydrogens (tertiary/aromatic N) is 5. The summed E-state index contributed by atoms with van der Waals surface area (Å²) in [5, 5.41) is 26.5. The first-order valence-corrected chi connectivity index (χ1v) is 16.5. The lowest BCUT2D eigenvalue weighted by Gasteiger charge is -2.09. The molecule has 12 heteroatoms. The average molecular weight is 701 g/mol. The molecule has 0 spiro atoms. The van der Waals surface area contributed by atoms with Gasteiger partial charge in [0.05, 0.1) is 40.9 Å². The molecule has 0 aliphatic heterocycles. The number of para-hydroxylation sites is 1. The minimum atomic E-state index is 0.462. The van der Waals surface area contributed by atoms with Crippen LogP contribution in [0, 0.1) is 11.3 Å². The lowest BCUT2D eigenvalue weighted by Crippen LogP contribution is -1.92. The number of benzene rings is 4. The fourth-order valence-corrected chi connectivity index (χ4v) is 6.47. The van der Waals surface area contributed by atoms with Gasteiger partial charge in [0.25, 0.3) is 0 Å². The summed E-state index contributed by atoms with van der Waals surface area (Å²) in [5.74, 6) is 1.72. The molecule has 5 aromatic heterocycles. The highest BCUT2D eigenvalue weighted by Crippen LogP contribution is 2.38. The van der Waals surface area contributed by atoms with Crippen LogP contribution in [0.3, 0.4) is 0 Å². The Morgan fingerprint density at radius 1 is 0.673 bits per heavy atom. The van der Waals surface area contributed by atoms with E-state index in [1.165, 1.54) is 0 Å². The van der Waals surface area contributed by atoms with E-state index in [9.17, 15) is 0 Å². The Hall–Kier alpha value is -7.16. The molecule has 9 aromatic rings. The first-order valence-electron chi connectivity index (χ1n) is 16.2. The van der Waals surface area contributed by atoms with Crippen molar-refractivity contribution in [3.8, 4) is 56.6 Å². The molecule has 0 radical (unpaired) electrons. The molecule has 0 atom stereocenters. The van der Waals surface area contributed by atoms with E-state index >= 15 is 0 Å². The maximum Gasteiger partial charge on any atom is 0.184 e. The molecule has 4 aromatic carbocycles. The number of nitrogens with one attached hydrogen (secondary N) is 3. The maximum atomic E-state index is 9.02. The maximum absolute atomic E-state index is 9.02. The number of nitrogen functional groups attached to an aromatic ring is 2. The first kappa shape index (κ1) is 32.1. The normalized spacial score (nSPS) is 11.0. The fraction of sp³-hybridized carbons (Fsp3) is 0.0250. The number of hydrogen-bond acceptors (Lipinski definition) is 8. The van der Waals surface area contributed by atoms with E-state index in [-0.39, 0.29) is 0 Å². The van der Waals surface area contributed by atoms with Crippen molar-refractivity contribution in [2.75, 3.05) is 18.6 Å². The lowest BCUT2D eigenvalue weighted by molar-refractivity contribution is 0.415. The Balaban J connectivity index is 0.000000149. The van der Waals surface area contributed by atoms with Gasteiger partial charge in [-0.05, 0) is 65.7 Å². The van der Waals surface area contributed by atoms with Gasteiger partial charge in [0.1, 0.15) is 17.4 Å². The number of pyridine rings is 2. The van der Waals surface area contributed by atoms with Gasteiger partial charge < -0.3 is 21.2 Å². The van der Waals surface area contributed by atoms with Gasteiger partial charge in [0.2, 0.25) is 0 Å². The standard InChI is InChI=1S/C20H14ClN5.C20H15N5O/c21-12-5-3-4-11(8-12)17-9-14(18-19(22)25-26-20(18)24-17)15-10-23-16-7-2-1-6-13(15)16;1-26-15-4-2-3-14(9-15)17-10-16(13-7-5-12(11-21)6-8-13)18-19(22)24-25-20(18)23-17/h1-10,23H,(H3,22,24,25,26);2-10H,1H3,(H3,22,23,24,25). The number of hydrogen-bond donors (Lipinski definition) is 5. The number of ether oxygens (including phenoxy) is 1. The van der Waals surface area contributed by atoms with E-state index in [1.807, 2.05) is 97.2 Å². The van der Waals surface area contributed by atoms with Gasteiger partial charge in [-0.25, -0.2) is 9.97 Å². The van der Waals surface area contributed by atoms with Crippen LogP contribution in [0.1, 0.15) is 5.56 Å². The minimum Gasteiger partial charge on any atom is -0.497 e. The molecule has 0 aliphatic rings. The van der Waals surface area contributed by atoms with Crippen molar-refractivity contribution in [3.05, 3.63) is 126 Å². The van der Waals surface area contributed by atoms with E-state index in [4.69, 9.17) is 33.1 Å². The summed E-state index contributed by atoms with van der Waals surface area (Å²) in [6.07, 6.45) is 1.99. The number of aromatic amines is 3. The topological polar surface area (TPSA) is 184 Å². The zero-order valence-corrected chi connectivity index (χ0v) is 28.4. The zero-order valence-electron chi connectivity index (χ0n) is 27.6. The third-order valence-corrected chi connectivity index (χ3v) is 9.03. The highest BCUT2D eigenvalue weighted by atomic mass is 35.5. The Labute approximate surface area is 301 Å². The molecule has 0 amide bonds. The Kier molecular flexibility index (Phi) is 8.19. The number of nitrogens with two attached hydrogens (primary N) is 2. The summed E-state index contributed by atoms with van der Waals surface area (Å²) in [5.41, 5.74) is 22.3. The molecule has 52 heavy (non-hydrogen) atoms. The average Bonchev–Trinajstić information content (AvgIpc) is 3.91. The number of aromatic nitrogens is 7. The third-order valence-electron chi connectivity index (χ3n) is 8.79. The first-order chi connectivity index (χ1) is 25.4. The van der Waals surface area contributed by atoms with Gasteiger partial charge in [-0.3, -0.25) is 10.2 Å². The largest absolute Gasteiger partial charge is 0.497 e. The van der Waals surface area contributed by atoms with Crippen molar-refractivity contribution in [3.63, 3.8) is 0 Å². The van der Waals surface area contributed by atoms with Gasteiger partial charge >= 0.3 is 0 Å². The van der Waals surface area contributed by atoms with E-state index in [2.05, 4.69) is 47.5 Å². The van der Waals surface area contributed by atoms with Crippen LogP contribution in [0.4, 0.5) is 11.6 Å². The summed E-state index contributed by atoms with van der Waals surface area (Å²) in [6, 6.07) is 37.0. The molecule has 9 rings (SSSR count). The van der Waals surface area contributed by atoms with Crippen molar-refractivity contribution in [1.82, 2.24) is 35.3 Å². The van der Waals surface area contributed by atoms with Crippen molar-refractivity contribution in [2.24, 2.45) is 0 Å². The van der Waals surface area contributed by atoms with Crippen LogP contribution in [0.25, 0.3) is 77.7 Å². The van der Waals surface area contributed by atoms with E-state index in [0.29, 0.717) is 33.5 Å². The van der Waals surface area contributed by atoms with Crippen molar-refractivity contribution < 1.29 is 4.74 Å². The molecular weight excluding hydrogens is 672 g/mol. The molecule has 0 saturated heterocycles. The molecule has 0 unspecified atom stereocenters. The minimum absolute atomic E-state index is 0.462. The monoisotopic (exact) mass is 700 g/mol. The number of halogens is 1. The number of anilines is 2. The lowest BCUT2D eigenvalue weighted by atomic mass is 9.99. The van der Waals surface area contributed by atoms with Crippen LogP contribution in [-0.2, 0) is 0 Å². The van der Waals surface area contributed by atoms with Gasteiger partial charge in [-0.15, -0.1) is 0 Å². The van der Waals surface area contributed by atoms with E-state index in [0.717, 1.165) is 72.2 Å². The summed E-state index contributed by atoms with van der Waals surface area (Å²) in [6.45, 7) is 0. The highest BCUT2D eigenvalue weighted by molar-refractivity contribution is 6.30. The molecule has 0 aliphatic carbocycles. The quantitative estimate of drug-likeness (QED) is 0.118. The Bertz CT molecular complexity index is 2790. The number of methoxy groups -OCH3 is 1. The van der Waals surface area contributed by atoms with Crippen molar-refractivity contribution in [1.29, 1.82) is 5.26 Å². The van der Waals surface area contributed by atoms with Crippen LogP contribution in [0.15, 0.2) is 115 Å². The van der Waals surface area contributed by atoms with Gasteiger partial charge in [-0.1, -0.05) is 66.2 Å². The summed E-state index contributed by atoms with van der Waals surface area (Å²) < 4.78 is 5.31. The SMILES string of the molecule is COc1cccc(-c2cc(-c3ccc(C#N)cc3)c3c(N)[nH]nc3n2)c1.Nc1[nH]nc2nc(-c3cccc(Cl)c3)cc(-c3c[nH]c4ccccc34)c12. The zero-order chi connectivity index (χ0) is 35.8. The van der Waals surface area contributed by atoms with Crippen LogP contribution in [0.2, 0.25) is 5.02 Å². The van der Waals surface area contributed by atoms with Gasteiger partial charge in [-0.2, -0.15) is 15.5 Å². The molecule has 7 N–H and O–H groups in total. The van der Waals surface area contributed by atoms with E-state index in [1.54, 1.807) is 19.2 Å². The van der Waals surface area contributed by atoms with Gasteiger partial charge in [0.15, 0.2) is 11.3 Å². The summed E-state index contributed by atoms with van der Waals surface area (Å²) in [4.78, 5) is 12.6. The summed E-state index contributed by atoms with van der Waals surface area (Å²) in [7, 11) is 1.63. The second kappa shape index (κ2) is 13.3. The number of nitriles is 1. The molecule has 5 heterocycles. The molecule has 0 fully saturated rings. The highest BCUT2D eigenvalue weighted by Gasteiger charge is 2.18. The Morgan fingerprint density at radius 2 is 1.31 bits per heavy atom. The molecule has 11 nitrogen and oxygen atoms in total. The van der Waals surface area contributed by atoms with Crippen LogP contribution in [-0.4, -0.2) is 42.5 Å². The number of fused-ring (bicyclic) bond motifs is 3. The third kappa shape index (κ3) is 5.89. The number of H-pyrrole nitrogens is 3. The smallest absolute Gasteiger partial charge is 0.184 e. The van der Waals surface area contributed by atoms with Crippen LogP contribution < -0.4 is 16.2 Å². The van der Waals surface area contributed by atoms with Gasteiger partial charge in [0, 0.05) is 44.4 Å². The second-order valence-electron chi connectivity index (χ2n) is 12.0. The predicted molar refractivity (Wildman–Crippen MR) is 206 cm³/mol. The Morgan fingerprint density at radius 3 is 1.98 bits per heavy atom. The molecular formula is C40H29ClN10O. The fourth-order valence-electron chi connectivity index (χ4n) is 6.28. The molecule has 0 bridgehead atoms. The second-order valence-corrected chi connectivity index (χ2v) is 12.4. The predicted octanol–water partition coefficient (Wildman–Crippen LogP) is 8.76. The van der Waals surface area contributed by atoms with E-state index < -0.39 is 0 Å². The summed E-state index contributed by atoms with van der Waals surface area (Å²) >= 11 is 6.16. The van der Waals surface area contributed by atoms with Crippen LogP contribution in [0.5, 0.6) is 5.75 Å². The van der Waals surface area contributed by atoms with Crippen molar-refractivity contribution >= 4 is 56.2 Å². The van der Waals surface area contributed by atoms with Crippen LogP contribution >= 0.6 is 11.6 Å². The molecule has 252 valence electrons. The van der Waals surface area contributed by atoms with Crippen molar-refractivity contribution in [2.45, 2.75) is 0 Å².